The molecule has 216 valence electrons. The van der Waals surface area contributed by atoms with Crippen molar-refractivity contribution in [2.45, 2.75) is 26.1 Å². The third-order valence-electron chi connectivity index (χ3n) is 6.37. The largest absolute Gasteiger partial charge is 0.482 e. The number of carbonyl (C=O) groups excluding carboxylic acids is 1. The van der Waals surface area contributed by atoms with E-state index in [1.807, 2.05) is 67.4 Å². The summed E-state index contributed by atoms with van der Waals surface area (Å²) in [4.78, 5) is 27.6. The van der Waals surface area contributed by atoms with Crippen molar-refractivity contribution < 1.29 is 23.9 Å². The first-order valence-corrected chi connectivity index (χ1v) is 13.9. The average Bonchev–Trinajstić information content (AvgIpc) is 2.99. The predicted octanol–water partition coefficient (Wildman–Crippen LogP) is 3.25. The molecule has 0 spiro atoms. The summed E-state index contributed by atoms with van der Waals surface area (Å²) >= 11 is 0. The number of amides is 1. The van der Waals surface area contributed by atoms with Crippen LogP contribution in [0.3, 0.4) is 0 Å². The molecular formula is C31H37N5O5. The van der Waals surface area contributed by atoms with Gasteiger partial charge < -0.3 is 29.8 Å². The maximum atomic E-state index is 13.5. The molecule has 1 aliphatic heterocycles. The standard InChI is InChI=1S/C31H37N5O5/c1-3-38-33-22-24-5-9-27(10-6-24)40-29-19-26(31(37)36-17-15-35(14-13-32)16-18-36)20-30(21-29)41-28-11-7-25(8-12-28)23-34-39-4-2/h5-12,19-21,27-28H,3-4,13-18,32H2,1-2H3. The number of benzene rings is 1. The van der Waals surface area contributed by atoms with Crippen LogP contribution < -0.4 is 15.2 Å². The topological polar surface area (TPSA) is 111 Å². The van der Waals surface area contributed by atoms with Crippen LogP contribution in [0.15, 0.2) is 88.3 Å². The van der Waals surface area contributed by atoms with Gasteiger partial charge in [0.1, 0.15) is 36.9 Å². The Morgan fingerprint density at radius 3 is 1.76 bits per heavy atom. The van der Waals surface area contributed by atoms with Crippen molar-refractivity contribution in [3.8, 4) is 11.5 Å². The summed E-state index contributed by atoms with van der Waals surface area (Å²) in [6.45, 7) is 8.98. The van der Waals surface area contributed by atoms with Crippen LogP contribution in [0.25, 0.3) is 0 Å². The molecule has 1 saturated heterocycles. The van der Waals surface area contributed by atoms with Crippen molar-refractivity contribution in [1.82, 2.24) is 9.80 Å². The lowest BCUT2D eigenvalue weighted by atomic mass is 10.1. The van der Waals surface area contributed by atoms with Crippen LogP contribution in [-0.2, 0) is 9.68 Å². The van der Waals surface area contributed by atoms with Crippen LogP contribution in [0, 0.1) is 0 Å². The monoisotopic (exact) mass is 559 g/mol. The summed E-state index contributed by atoms with van der Waals surface area (Å²) in [5.74, 6) is 6.64. The molecule has 0 aromatic heterocycles. The molecule has 1 aromatic carbocycles. The van der Waals surface area contributed by atoms with Gasteiger partial charge in [-0.05, 0) is 84.9 Å². The van der Waals surface area contributed by atoms with Crippen molar-refractivity contribution in [3.63, 3.8) is 0 Å². The van der Waals surface area contributed by atoms with Crippen LogP contribution in [0.1, 0.15) is 24.2 Å². The molecule has 10 heteroatoms. The third kappa shape index (κ3) is 9.10. The second kappa shape index (κ2) is 15.5. The molecule has 4 rings (SSSR count). The number of allylic oxidation sites excluding steroid dienone is 6. The van der Waals surface area contributed by atoms with Crippen LogP contribution >= 0.6 is 0 Å². The van der Waals surface area contributed by atoms with E-state index in [1.54, 1.807) is 18.2 Å². The van der Waals surface area contributed by atoms with Gasteiger partial charge in [-0.15, -0.1) is 0 Å². The molecular weight excluding hydrogens is 522 g/mol. The maximum absolute atomic E-state index is 13.5. The Morgan fingerprint density at radius 2 is 1.32 bits per heavy atom. The van der Waals surface area contributed by atoms with Gasteiger partial charge >= 0.3 is 0 Å². The molecule has 1 amide bonds. The SMILES string of the molecule is CCON=C=C1C=CC(Oc2cc(OC3C=CC(=C=NOCC)C=C3)cc(C(=O)N3CCN(CCN)CC3)c2)C=C1. The van der Waals surface area contributed by atoms with Crippen molar-refractivity contribution >= 4 is 17.6 Å². The molecule has 0 unspecified atom stereocenters. The number of hydrogen-bond acceptors (Lipinski definition) is 9. The maximum Gasteiger partial charge on any atom is 0.254 e. The van der Waals surface area contributed by atoms with E-state index in [0.717, 1.165) is 30.8 Å². The Hall–Kier alpha value is -4.33. The van der Waals surface area contributed by atoms with Crippen LogP contribution in [0.2, 0.25) is 0 Å². The molecule has 2 N–H and O–H groups in total. The van der Waals surface area contributed by atoms with E-state index in [1.165, 1.54) is 0 Å². The number of piperazine rings is 1. The molecule has 1 aromatic rings. The fraction of sp³-hybridized carbons (Fsp3) is 0.387. The lowest BCUT2D eigenvalue weighted by Gasteiger charge is -2.34. The normalized spacial score (nSPS) is 19.8. The highest BCUT2D eigenvalue weighted by Crippen LogP contribution is 2.28. The van der Waals surface area contributed by atoms with Gasteiger partial charge in [0.2, 0.25) is 0 Å². The summed E-state index contributed by atoms with van der Waals surface area (Å²) in [6, 6.07) is 5.33. The number of carbonyl (C=O) groups is 1. The molecule has 0 radical (unpaired) electrons. The summed E-state index contributed by atoms with van der Waals surface area (Å²) in [7, 11) is 0. The third-order valence-corrected chi connectivity index (χ3v) is 6.37. The highest BCUT2D eigenvalue weighted by molar-refractivity contribution is 5.95. The fourth-order valence-electron chi connectivity index (χ4n) is 4.32. The zero-order chi connectivity index (χ0) is 28.9. The van der Waals surface area contributed by atoms with Crippen molar-refractivity contribution in [2.24, 2.45) is 16.0 Å². The number of nitrogens with two attached hydrogens (primary N) is 1. The van der Waals surface area contributed by atoms with Crippen molar-refractivity contribution in [3.05, 3.63) is 83.5 Å². The van der Waals surface area contributed by atoms with Crippen LogP contribution in [0.5, 0.6) is 11.5 Å². The van der Waals surface area contributed by atoms with Gasteiger partial charge in [-0.25, -0.2) is 0 Å². The van der Waals surface area contributed by atoms with Crippen LogP contribution in [0.4, 0.5) is 0 Å². The van der Waals surface area contributed by atoms with Gasteiger partial charge in [-0.3, -0.25) is 9.69 Å². The molecule has 0 bridgehead atoms. The molecule has 1 heterocycles. The molecule has 1 fully saturated rings. The number of nitrogens with zero attached hydrogens (tertiary/aromatic N) is 4. The minimum absolute atomic E-state index is 0.0631. The molecule has 3 aliphatic rings. The first-order valence-electron chi connectivity index (χ1n) is 13.9. The molecule has 0 atom stereocenters. The molecule has 41 heavy (non-hydrogen) atoms. The van der Waals surface area contributed by atoms with Gasteiger partial charge in [0, 0.05) is 73.8 Å². The highest BCUT2D eigenvalue weighted by atomic mass is 16.6. The minimum atomic E-state index is -0.336. The first-order chi connectivity index (χ1) is 20.1. The Morgan fingerprint density at radius 1 is 0.829 bits per heavy atom. The van der Waals surface area contributed by atoms with E-state index in [9.17, 15) is 4.79 Å². The van der Waals surface area contributed by atoms with Gasteiger partial charge in [0.15, 0.2) is 0 Å². The number of rotatable bonds is 11. The van der Waals surface area contributed by atoms with E-state index < -0.39 is 0 Å². The lowest BCUT2D eigenvalue weighted by Crippen LogP contribution is -2.49. The van der Waals surface area contributed by atoms with E-state index in [0.29, 0.717) is 49.9 Å². The summed E-state index contributed by atoms with van der Waals surface area (Å²) in [6.07, 6.45) is 14.3. The van der Waals surface area contributed by atoms with Gasteiger partial charge in [0.05, 0.1) is 0 Å². The van der Waals surface area contributed by atoms with Crippen LogP contribution in [-0.4, -0.2) is 92.1 Å². The number of hydrogen-bond donors (Lipinski definition) is 1. The van der Waals surface area contributed by atoms with Crippen molar-refractivity contribution in [1.29, 1.82) is 0 Å². The zero-order valence-electron chi connectivity index (χ0n) is 23.6. The summed E-state index contributed by atoms with van der Waals surface area (Å²) in [5.41, 5.74) is 7.76. The lowest BCUT2D eigenvalue weighted by molar-refractivity contribution is 0.0640. The highest BCUT2D eigenvalue weighted by Gasteiger charge is 2.23. The van der Waals surface area contributed by atoms with E-state index in [2.05, 4.69) is 27.0 Å². The Labute approximate surface area is 241 Å². The average molecular weight is 560 g/mol. The molecule has 10 nitrogen and oxygen atoms in total. The second-order valence-electron chi connectivity index (χ2n) is 9.37. The minimum Gasteiger partial charge on any atom is -0.482 e. The smallest absolute Gasteiger partial charge is 0.254 e. The zero-order valence-corrected chi connectivity index (χ0v) is 23.6. The van der Waals surface area contributed by atoms with Gasteiger partial charge in [-0.1, -0.05) is 0 Å². The Kier molecular flexibility index (Phi) is 11.2. The van der Waals surface area contributed by atoms with Gasteiger partial charge in [-0.2, -0.15) is 0 Å². The Balaban J connectivity index is 1.51. The summed E-state index contributed by atoms with van der Waals surface area (Å²) in [5, 5.41) is 7.55. The van der Waals surface area contributed by atoms with Gasteiger partial charge in [0.25, 0.3) is 5.91 Å². The number of ether oxygens (including phenoxy) is 2. The van der Waals surface area contributed by atoms with E-state index >= 15 is 0 Å². The fourth-order valence-corrected chi connectivity index (χ4v) is 4.32. The first kappa shape index (κ1) is 29.6. The molecule has 0 saturated carbocycles. The Bertz CT molecular complexity index is 1200. The van der Waals surface area contributed by atoms with Crippen molar-refractivity contribution in [2.75, 3.05) is 52.5 Å². The molecule has 2 aliphatic carbocycles. The predicted molar refractivity (Wildman–Crippen MR) is 158 cm³/mol. The van der Waals surface area contributed by atoms with E-state index in [-0.39, 0.29) is 18.1 Å². The quantitative estimate of drug-likeness (QED) is 0.327. The second-order valence-corrected chi connectivity index (χ2v) is 9.37. The van der Waals surface area contributed by atoms with E-state index in [4.69, 9.17) is 24.9 Å². The summed E-state index contributed by atoms with van der Waals surface area (Å²) < 4.78 is 12.5.